The predicted molar refractivity (Wildman–Crippen MR) is 226 cm³/mol. The first-order chi connectivity index (χ1) is 25.8. The van der Waals surface area contributed by atoms with Gasteiger partial charge in [0.15, 0.2) is 5.75 Å². The minimum absolute atomic E-state index is 0.0922. The molecule has 0 saturated carbocycles. The average molecular weight is 742 g/mol. The predicted octanol–water partition coefficient (Wildman–Crippen LogP) is 12.7. The molecular weight excluding hydrogens is 692 g/mol. The third-order valence-corrected chi connectivity index (χ3v) is 11.8. The SMILES string of the molecule is CCCCC1(CCCC)c2cc(C)ccc2-c2ccc(/C=C/c3ccc(OCOc4ccc(/C=N/N(C)[P+](=S)Oc5ccc(C)cc5)cc4)cc3)cc21. The number of hydrogen-bond acceptors (Lipinski definition) is 5. The summed E-state index contributed by atoms with van der Waals surface area (Å²) in [4.78, 5) is 0. The third kappa shape index (κ3) is 9.43. The van der Waals surface area contributed by atoms with Crippen LogP contribution in [-0.4, -0.2) is 24.8 Å². The summed E-state index contributed by atoms with van der Waals surface area (Å²) in [6, 6.07) is 37.8. The molecule has 0 spiro atoms. The Morgan fingerprint density at radius 3 is 1.77 bits per heavy atom. The summed E-state index contributed by atoms with van der Waals surface area (Å²) in [6.45, 7) is 8.99. The molecule has 53 heavy (non-hydrogen) atoms. The van der Waals surface area contributed by atoms with Crippen LogP contribution in [0.3, 0.4) is 0 Å². The number of hydrazone groups is 1. The molecule has 0 N–H and O–H groups in total. The molecule has 0 amide bonds. The highest BCUT2D eigenvalue weighted by Gasteiger charge is 2.42. The molecule has 0 fully saturated rings. The van der Waals surface area contributed by atoms with Crippen molar-refractivity contribution in [1.82, 2.24) is 4.78 Å². The van der Waals surface area contributed by atoms with E-state index in [9.17, 15) is 0 Å². The Bertz CT molecular complexity index is 2050. The summed E-state index contributed by atoms with van der Waals surface area (Å²) in [5.74, 6) is 2.21. The minimum Gasteiger partial charge on any atom is -0.458 e. The minimum atomic E-state index is -1.32. The lowest BCUT2D eigenvalue weighted by Gasteiger charge is -2.33. The van der Waals surface area contributed by atoms with Gasteiger partial charge in [0.25, 0.3) is 0 Å². The van der Waals surface area contributed by atoms with Gasteiger partial charge in [-0.1, -0.05) is 128 Å². The molecule has 1 atom stereocenters. The number of rotatable bonds is 17. The van der Waals surface area contributed by atoms with E-state index in [1.807, 2.05) is 74.6 Å². The lowest BCUT2D eigenvalue weighted by atomic mass is 9.70. The number of fused-ring (bicyclic) bond motifs is 3. The average Bonchev–Trinajstić information content (AvgIpc) is 3.44. The molecule has 5 nitrogen and oxygen atoms in total. The van der Waals surface area contributed by atoms with Gasteiger partial charge < -0.3 is 9.47 Å². The lowest BCUT2D eigenvalue weighted by molar-refractivity contribution is 0.120. The number of aryl methyl sites for hydroxylation is 2. The van der Waals surface area contributed by atoms with E-state index in [4.69, 9.17) is 25.8 Å². The lowest BCUT2D eigenvalue weighted by Crippen LogP contribution is -2.25. The molecular formula is C46H50N2O3PS+. The molecule has 1 aliphatic carbocycles. The van der Waals surface area contributed by atoms with Crippen molar-refractivity contribution in [3.8, 4) is 28.4 Å². The fourth-order valence-corrected chi connectivity index (χ4v) is 7.92. The smallest absolute Gasteiger partial charge is 0.458 e. The van der Waals surface area contributed by atoms with Crippen LogP contribution in [0.25, 0.3) is 23.3 Å². The Morgan fingerprint density at radius 2 is 1.15 bits per heavy atom. The molecule has 6 rings (SSSR count). The van der Waals surface area contributed by atoms with Crippen molar-refractivity contribution in [2.24, 2.45) is 5.10 Å². The summed E-state index contributed by atoms with van der Waals surface area (Å²) < 4.78 is 19.3. The first-order valence-corrected chi connectivity index (χ1v) is 20.9. The van der Waals surface area contributed by atoms with Crippen LogP contribution >= 0.6 is 7.07 Å². The topological polar surface area (TPSA) is 43.3 Å². The second-order valence-electron chi connectivity index (χ2n) is 13.9. The zero-order valence-corrected chi connectivity index (χ0v) is 33.3. The second-order valence-corrected chi connectivity index (χ2v) is 16.1. The molecule has 0 radical (unpaired) electrons. The van der Waals surface area contributed by atoms with E-state index in [1.165, 1.54) is 77.5 Å². The molecule has 7 heteroatoms. The van der Waals surface area contributed by atoms with Crippen molar-refractivity contribution in [2.75, 3.05) is 13.8 Å². The molecule has 0 heterocycles. The van der Waals surface area contributed by atoms with E-state index in [0.29, 0.717) is 5.75 Å². The molecule has 5 aromatic rings. The fourth-order valence-electron chi connectivity index (χ4n) is 6.98. The van der Waals surface area contributed by atoms with E-state index < -0.39 is 7.07 Å². The van der Waals surface area contributed by atoms with Crippen LogP contribution in [-0.2, 0) is 17.2 Å². The first kappa shape index (κ1) is 38.0. The zero-order chi connectivity index (χ0) is 37.2. The molecule has 0 aliphatic heterocycles. The maximum Gasteiger partial charge on any atom is 0.540 e. The first-order valence-electron chi connectivity index (χ1n) is 18.7. The van der Waals surface area contributed by atoms with Crippen LogP contribution in [0.4, 0.5) is 0 Å². The van der Waals surface area contributed by atoms with Crippen molar-refractivity contribution in [3.05, 3.63) is 148 Å². The Hall–Kier alpha value is -4.77. The summed E-state index contributed by atoms with van der Waals surface area (Å²) in [6.07, 6.45) is 13.5. The van der Waals surface area contributed by atoms with Crippen LogP contribution in [0.5, 0.6) is 17.2 Å². The van der Waals surface area contributed by atoms with E-state index >= 15 is 0 Å². The van der Waals surface area contributed by atoms with Gasteiger partial charge >= 0.3 is 7.07 Å². The second kappa shape index (κ2) is 17.8. The van der Waals surface area contributed by atoms with Gasteiger partial charge in [0, 0.05) is 5.41 Å². The summed E-state index contributed by atoms with van der Waals surface area (Å²) in [5, 5.41) is 4.46. The fraction of sp³-hybridized carbons (Fsp3) is 0.283. The van der Waals surface area contributed by atoms with E-state index in [2.05, 4.69) is 86.6 Å². The van der Waals surface area contributed by atoms with E-state index in [1.54, 1.807) is 11.0 Å². The summed E-state index contributed by atoms with van der Waals surface area (Å²) in [5.41, 5.74) is 11.8. The van der Waals surface area contributed by atoms with Gasteiger partial charge in [0.1, 0.15) is 11.5 Å². The molecule has 272 valence electrons. The Kier molecular flexibility index (Phi) is 12.8. The number of benzene rings is 5. The quantitative estimate of drug-likeness (QED) is 0.0312. The standard InChI is InChI=1S/C46H50N2O3PS/c1-6-8-28-46(29-9-7-2)44-30-35(4)12-26-42(44)43-27-19-37(31-45(43)46)14-13-36-15-22-39(23-16-36)49-33-50-40-24-17-38(18-25-40)32-47-48(5)52(53)51-41-20-10-34(3)11-21-41/h10-27,30-32H,6-9,28-29,33H2,1-5H3/q+1/b14-13+,47-32+. The Labute approximate surface area is 321 Å². The Morgan fingerprint density at radius 1 is 0.642 bits per heavy atom. The van der Waals surface area contributed by atoms with Gasteiger partial charge in [-0.2, -0.15) is 0 Å². The summed E-state index contributed by atoms with van der Waals surface area (Å²) >= 11 is 5.51. The van der Waals surface area contributed by atoms with Gasteiger partial charge in [-0.25, -0.2) is 0 Å². The van der Waals surface area contributed by atoms with Gasteiger partial charge in [-0.05, 0) is 114 Å². The van der Waals surface area contributed by atoms with Crippen LogP contribution in [0.1, 0.15) is 91.3 Å². The maximum atomic E-state index is 5.89. The number of ether oxygens (including phenoxy) is 2. The van der Waals surface area contributed by atoms with Gasteiger partial charge in [0.05, 0.1) is 13.3 Å². The highest BCUT2D eigenvalue weighted by molar-refractivity contribution is 8.02. The van der Waals surface area contributed by atoms with Crippen LogP contribution in [0.2, 0.25) is 0 Å². The molecule has 0 bridgehead atoms. The van der Waals surface area contributed by atoms with Crippen molar-refractivity contribution in [3.63, 3.8) is 0 Å². The molecule has 5 aromatic carbocycles. The number of nitrogens with zero attached hydrogens (tertiary/aromatic N) is 2. The highest BCUT2D eigenvalue weighted by atomic mass is 32.4. The van der Waals surface area contributed by atoms with Crippen molar-refractivity contribution in [1.29, 1.82) is 0 Å². The van der Waals surface area contributed by atoms with Crippen LogP contribution < -0.4 is 14.0 Å². The molecule has 1 aliphatic rings. The third-order valence-electron chi connectivity index (χ3n) is 9.95. The Balaban J connectivity index is 1.03. The monoisotopic (exact) mass is 741 g/mol. The van der Waals surface area contributed by atoms with Crippen molar-refractivity contribution >= 4 is 37.2 Å². The van der Waals surface area contributed by atoms with Crippen LogP contribution in [0.15, 0.2) is 114 Å². The molecule has 0 saturated heterocycles. The van der Waals surface area contributed by atoms with E-state index in [0.717, 1.165) is 22.6 Å². The number of hydrogen-bond donors (Lipinski definition) is 0. The number of unbranched alkanes of at least 4 members (excludes halogenated alkanes) is 2. The summed E-state index contributed by atoms with van der Waals surface area (Å²) in [7, 11) is 0.502. The van der Waals surface area contributed by atoms with Crippen molar-refractivity contribution < 1.29 is 14.0 Å². The van der Waals surface area contributed by atoms with E-state index in [-0.39, 0.29) is 12.2 Å². The van der Waals surface area contributed by atoms with Crippen LogP contribution in [0, 0.1) is 13.8 Å². The maximum absolute atomic E-state index is 5.89. The van der Waals surface area contributed by atoms with Gasteiger partial charge in [-0.3, -0.25) is 4.52 Å². The molecule has 1 unspecified atom stereocenters. The largest absolute Gasteiger partial charge is 0.540 e. The van der Waals surface area contributed by atoms with Crippen molar-refractivity contribution in [2.45, 2.75) is 71.6 Å². The zero-order valence-electron chi connectivity index (χ0n) is 31.5. The molecule has 0 aromatic heterocycles. The normalized spacial score (nSPS) is 13.2. The highest BCUT2D eigenvalue weighted by Crippen LogP contribution is 2.54. The van der Waals surface area contributed by atoms with Gasteiger partial charge in [0.2, 0.25) is 18.6 Å². The van der Waals surface area contributed by atoms with Gasteiger partial charge in [-0.15, -0.1) is 5.10 Å².